The van der Waals surface area contributed by atoms with E-state index in [1.54, 1.807) is 0 Å². The lowest BCUT2D eigenvalue weighted by Gasteiger charge is -2.33. The quantitative estimate of drug-likeness (QED) is 0.499. The Morgan fingerprint density at radius 3 is 2.70 bits per heavy atom. The zero-order chi connectivity index (χ0) is 7.56. The van der Waals surface area contributed by atoms with E-state index in [4.69, 9.17) is 10.8 Å². The van der Waals surface area contributed by atoms with E-state index in [-0.39, 0.29) is 6.04 Å². The summed E-state index contributed by atoms with van der Waals surface area (Å²) in [6.07, 6.45) is 2.81. The summed E-state index contributed by atoms with van der Waals surface area (Å²) in [6, 6.07) is 0.189. The van der Waals surface area contributed by atoms with Crippen LogP contribution in [0.25, 0.3) is 0 Å². The second-order valence-electron chi connectivity index (χ2n) is 3.03. The van der Waals surface area contributed by atoms with E-state index in [1.165, 1.54) is 12.8 Å². The van der Waals surface area contributed by atoms with Crippen LogP contribution in [0.15, 0.2) is 0 Å². The summed E-state index contributed by atoms with van der Waals surface area (Å²) in [5, 5.41) is 9.08. The molecule has 1 aliphatic heterocycles. The third kappa shape index (κ3) is 1.68. The lowest BCUT2D eigenvalue weighted by atomic mass is 10.0. The maximum atomic E-state index is 9.08. The second-order valence-corrected chi connectivity index (χ2v) is 3.03. The number of likely N-dealkylation sites (tertiary alicyclic amines) is 1. The predicted octanol–water partition coefficient (Wildman–Crippen LogP) is -0.252. The molecule has 2 unspecified atom stereocenters. The van der Waals surface area contributed by atoms with Crippen molar-refractivity contribution in [1.29, 1.82) is 0 Å². The minimum absolute atomic E-state index is 0.189. The number of aliphatic hydroxyl groups excluding tert-OH is 1. The van der Waals surface area contributed by atoms with Gasteiger partial charge in [0.05, 0.1) is 0 Å². The van der Waals surface area contributed by atoms with E-state index in [9.17, 15) is 0 Å². The molecule has 0 aromatic carbocycles. The Morgan fingerprint density at radius 1 is 1.60 bits per heavy atom. The standard InChI is InChI=1S/C7H16N2O/c1-9-5-3-2-4-6(9)7(8)10/h6-7,10H,2-5,8H2,1H3. The molecule has 0 aromatic rings. The molecule has 1 rings (SSSR count). The molecule has 0 aliphatic carbocycles. The van der Waals surface area contributed by atoms with Crippen LogP contribution in [-0.2, 0) is 0 Å². The molecule has 3 heteroatoms. The van der Waals surface area contributed by atoms with E-state index >= 15 is 0 Å². The van der Waals surface area contributed by atoms with Gasteiger partial charge in [0, 0.05) is 6.04 Å². The highest BCUT2D eigenvalue weighted by Crippen LogP contribution is 2.15. The first-order valence-corrected chi connectivity index (χ1v) is 3.85. The molecule has 1 fully saturated rings. The molecule has 0 radical (unpaired) electrons. The fourth-order valence-electron chi connectivity index (χ4n) is 1.53. The third-order valence-corrected chi connectivity index (χ3v) is 2.22. The summed E-state index contributed by atoms with van der Waals surface area (Å²) < 4.78 is 0. The van der Waals surface area contributed by atoms with Crippen molar-refractivity contribution in [3.05, 3.63) is 0 Å². The molecule has 0 amide bonds. The number of nitrogens with zero attached hydrogens (tertiary/aromatic N) is 1. The van der Waals surface area contributed by atoms with Crippen molar-refractivity contribution in [1.82, 2.24) is 4.90 Å². The van der Waals surface area contributed by atoms with Crippen molar-refractivity contribution >= 4 is 0 Å². The van der Waals surface area contributed by atoms with Crippen LogP contribution in [0.1, 0.15) is 19.3 Å². The van der Waals surface area contributed by atoms with E-state index in [1.807, 2.05) is 7.05 Å². The minimum Gasteiger partial charge on any atom is -0.377 e. The van der Waals surface area contributed by atoms with Gasteiger partial charge in [0.25, 0.3) is 0 Å². The molecule has 60 valence electrons. The molecule has 1 heterocycles. The van der Waals surface area contributed by atoms with E-state index in [0.717, 1.165) is 13.0 Å². The highest BCUT2D eigenvalue weighted by Gasteiger charge is 2.22. The van der Waals surface area contributed by atoms with Gasteiger partial charge in [-0.05, 0) is 26.4 Å². The van der Waals surface area contributed by atoms with Crippen molar-refractivity contribution in [3.8, 4) is 0 Å². The maximum absolute atomic E-state index is 9.08. The monoisotopic (exact) mass is 144 g/mol. The number of likely N-dealkylation sites (N-methyl/N-ethyl adjacent to an activating group) is 1. The number of hydrogen-bond acceptors (Lipinski definition) is 3. The Bertz CT molecular complexity index is 106. The number of rotatable bonds is 1. The summed E-state index contributed by atoms with van der Waals surface area (Å²) in [7, 11) is 2.01. The van der Waals surface area contributed by atoms with Gasteiger partial charge in [-0.3, -0.25) is 4.90 Å². The van der Waals surface area contributed by atoms with Crippen molar-refractivity contribution in [2.75, 3.05) is 13.6 Å². The van der Waals surface area contributed by atoms with Crippen LogP contribution in [-0.4, -0.2) is 35.9 Å². The molecule has 2 atom stereocenters. The van der Waals surface area contributed by atoms with Gasteiger partial charge < -0.3 is 10.8 Å². The molecule has 1 aliphatic rings. The molecule has 3 N–H and O–H groups in total. The van der Waals surface area contributed by atoms with Crippen molar-refractivity contribution in [2.45, 2.75) is 31.5 Å². The van der Waals surface area contributed by atoms with Gasteiger partial charge in [0.2, 0.25) is 0 Å². The molecule has 1 saturated heterocycles. The second kappa shape index (κ2) is 3.32. The van der Waals surface area contributed by atoms with E-state index in [2.05, 4.69) is 4.90 Å². The molecule has 0 spiro atoms. The molecular weight excluding hydrogens is 128 g/mol. The van der Waals surface area contributed by atoms with Gasteiger partial charge in [-0.15, -0.1) is 0 Å². The van der Waals surface area contributed by atoms with Crippen LogP contribution >= 0.6 is 0 Å². The first-order valence-electron chi connectivity index (χ1n) is 3.85. The molecule has 0 bridgehead atoms. The summed E-state index contributed by atoms with van der Waals surface area (Å²) in [4.78, 5) is 2.13. The van der Waals surface area contributed by atoms with E-state index < -0.39 is 6.23 Å². The lowest BCUT2D eigenvalue weighted by molar-refractivity contribution is 0.0454. The zero-order valence-electron chi connectivity index (χ0n) is 6.45. The summed E-state index contributed by atoms with van der Waals surface area (Å²) in [5.41, 5.74) is 5.37. The predicted molar refractivity (Wildman–Crippen MR) is 40.5 cm³/mol. The Labute approximate surface area is 61.8 Å². The highest BCUT2D eigenvalue weighted by atomic mass is 16.3. The van der Waals surface area contributed by atoms with Crippen LogP contribution in [0.3, 0.4) is 0 Å². The minimum atomic E-state index is -0.662. The third-order valence-electron chi connectivity index (χ3n) is 2.22. The summed E-state index contributed by atoms with van der Waals surface area (Å²) in [6.45, 7) is 1.07. The summed E-state index contributed by atoms with van der Waals surface area (Å²) in [5.74, 6) is 0. The molecular formula is C7H16N2O. The Kier molecular flexibility index (Phi) is 2.65. The maximum Gasteiger partial charge on any atom is 0.118 e. The average molecular weight is 144 g/mol. The first-order chi connectivity index (χ1) is 4.72. The van der Waals surface area contributed by atoms with Crippen LogP contribution in [0, 0.1) is 0 Å². The molecule has 0 saturated carbocycles. The molecule has 10 heavy (non-hydrogen) atoms. The molecule has 3 nitrogen and oxygen atoms in total. The Balaban J connectivity index is 2.40. The van der Waals surface area contributed by atoms with Crippen LogP contribution in [0.2, 0.25) is 0 Å². The lowest BCUT2D eigenvalue weighted by Crippen LogP contribution is -2.48. The number of hydrogen-bond donors (Lipinski definition) is 2. The van der Waals surface area contributed by atoms with Crippen LogP contribution in [0.5, 0.6) is 0 Å². The first kappa shape index (κ1) is 7.98. The fourth-order valence-corrected chi connectivity index (χ4v) is 1.53. The van der Waals surface area contributed by atoms with Crippen molar-refractivity contribution in [2.24, 2.45) is 5.73 Å². The molecule has 0 aromatic heterocycles. The number of nitrogens with two attached hydrogens (primary N) is 1. The van der Waals surface area contributed by atoms with Crippen molar-refractivity contribution in [3.63, 3.8) is 0 Å². The fraction of sp³-hybridized carbons (Fsp3) is 1.00. The van der Waals surface area contributed by atoms with Gasteiger partial charge in [-0.1, -0.05) is 6.42 Å². The number of piperidine rings is 1. The Morgan fingerprint density at radius 2 is 2.30 bits per heavy atom. The highest BCUT2D eigenvalue weighted by molar-refractivity contribution is 4.77. The number of aliphatic hydroxyl groups is 1. The van der Waals surface area contributed by atoms with Crippen LogP contribution in [0.4, 0.5) is 0 Å². The topological polar surface area (TPSA) is 49.5 Å². The normalized spacial score (nSPS) is 32.1. The summed E-state index contributed by atoms with van der Waals surface area (Å²) >= 11 is 0. The smallest absolute Gasteiger partial charge is 0.118 e. The van der Waals surface area contributed by atoms with Crippen LogP contribution < -0.4 is 5.73 Å². The van der Waals surface area contributed by atoms with E-state index in [0.29, 0.717) is 0 Å². The van der Waals surface area contributed by atoms with Crippen molar-refractivity contribution < 1.29 is 5.11 Å². The SMILES string of the molecule is CN1CCCCC1C(N)O. The Hall–Kier alpha value is -0.120. The van der Waals surface area contributed by atoms with Gasteiger partial charge in [-0.25, -0.2) is 0 Å². The zero-order valence-corrected chi connectivity index (χ0v) is 6.45. The van der Waals surface area contributed by atoms with Gasteiger partial charge in [0.1, 0.15) is 6.23 Å². The average Bonchev–Trinajstić information content (AvgIpc) is 1.88. The van der Waals surface area contributed by atoms with Gasteiger partial charge in [0.15, 0.2) is 0 Å². The van der Waals surface area contributed by atoms with Gasteiger partial charge in [-0.2, -0.15) is 0 Å². The largest absolute Gasteiger partial charge is 0.377 e. The van der Waals surface area contributed by atoms with Gasteiger partial charge >= 0.3 is 0 Å².